The van der Waals surface area contributed by atoms with E-state index in [2.05, 4.69) is 5.32 Å². The second-order valence-corrected chi connectivity index (χ2v) is 4.75. The number of carbonyl (C=O) groups excluding carboxylic acids is 1. The van der Waals surface area contributed by atoms with Crippen molar-refractivity contribution < 1.29 is 24.5 Å². The molecular weight excluding hydrogens is 252 g/mol. The summed E-state index contributed by atoms with van der Waals surface area (Å²) in [6.07, 6.45) is 0.182. The number of ether oxygens (including phenoxy) is 1. The third-order valence-corrected chi connectivity index (χ3v) is 3.30. The summed E-state index contributed by atoms with van der Waals surface area (Å²) in [6.45, 7) is 2.92. The van der Waals surface area contributed by atoms with Crippen molar-refractivity contribution in [2.45, 2.75) is 38.0 Å². The van der Waals surface area contributed by atoms with E-state index in [1.807, 2.05) is 0 Å². The number of aliphatic hydroxyl groups is 1. The van der Waals surface area contributed by atoms with Crippen LogP contribution in [0.3, 0.4) is 0 Å². The lowest BCUT2D eigenvalue weighted by molar-refractivity contribution is -0.143. The van der Waals surface area contributed by atoms with E-state index in [4.69, 9.17) is 9.84 Å². The molecule has 1 fully saturated rings. The summed E-state index contributed by atoms with van der Waals surface area (Å²) >= 11 is 0. The summed E-state index contributed by atoms with van der Waals surface area (Å²) < 4.78 is 4.87. The molecule has 1 rings (SSSR count). The van der Waals surface area contributed by atoms with E-state index >= 15 is 0 Å². The van der Waals surface area contributed by atoms with Gasteiger partial charge in [-0.15, -0.1) is 0 Å². The Bertz CT molecular complexity index is 323. The quantitative estimate of drug-likeness (QED) is 0.518. The van der Waals surface area contributed by atoms with E-state index < -0.39 is 24.2 Å². The van der Waals surface area contributed by atoms with E-state index in [-0.39, 0.29) is 18.9 Å². The van der Waals surface area contributed by atoms with E-state index in [9.17, 15) is 14.7 Å². The van der Waals surface area contributed by atoms with Crippen LogP contribution in [0.2, 0.25) is 0 Å². The Kier molecular flexibility index (Phi) is 6.20. The second kappa shape index (κ2) is 7.42. The van der Waals surface area contributed by atoms with Crippen molar-refractivity contribution in [1.82, 2.24) is 10.2 Å². The Balaban J connectivity index is 2.48. The molecule has 1 heterocycles. The van der Waals surface area contributed by atoms with Gasteiger partial charge in [-0.2, -0.15) is 0 Å². The fraction of sp³-hybridized carbons (Fsp3) is 0.833. The van der Waals surface area contributed by atoms with Gasteiger partial charge in [-0.1, -0.05) is 0 Å². The Morgan fingerprint density at radius 1 is 1.53 bits per heavy atom. The molecule has 3 atom stereocenters. The number of nitrogens with zero attached hydrogens (tertiary/aromatic N) is 1. The summed E-state index contributed by atoms with van der Waals surface area (Å²) in [4.78, 5) is 24.5. The number of likely N-dealkylation sites (tertiary alicyclic amines) is 1. The summed E-state index contributed by atoms with van der Waals surface area (Å²) in [5, 5.41) is 21.4. The first-order chi connectivity index (χ1) is 8.97. The van der Waals surface area contributed by atoms with Gasteiger partial charge in [0, 0.05) is 33.2 Å². The third-order valence-electron chi connectivity index (χ3n) is 3.30. The molecule has 1 aliphatic rings. The summed E-state index contributed by atoms with van der Waals surface area (Å²) in [6, 6.07) is -1.37. The highest BCUT2D eigenvalue weighted by atomic mass is 16.5. The number of methoxy groups -OCH3 is 1. The normalized spacial score (nSPS) is 25.2. The molecule has 7 heteroatoms. The minimum absolute atomic E-state index is 0.163. The zero-order chi connectivity index (χ0) is 14.4. The lowest BCUT2D eigenvalue weighted by Crippen LogP contribution is -2.49. The van der Waals surface area contributed by atoms with Crippen molar-refractivity contribution in [3.63, 3.8) is 0 Å². The lowest BCUT2D eigenvalue weighted by atomic mass is 10.2. The zero-order valence-electron chi connectivity index (χ0n) is 11.3. The fourth-order valence-electron chi connectivity index (χ4n) is 2.24. The number of carbonyl (C=O) groups is 2. The fourth-order valence-corrected chi connectivity index (χ4v) is 2.24. The minimum Gasteiger partial charge on any atom is -0.480 e. The van der Waals surface area contributed by atoms with Gasteiger partial charge in [0.1, 0.15) is 6.04 Å². The van der Waals surface area contributed by atoms with Gasteiger partial charge in [0.2, 0.25) is 5.91 Å². The molecule has 7 nitrogen and oxygen atoms in total. The van der Waals surface area contributed by atoms with Crippen molar-refractivity contribution in [1.29, 1.82) is 0 Å². The van der Waals surface area contributed by atoms with Crippen LogP contribution in [0.1, 0.15) is 19.8 Å². The Hall–Kier alpha value is -1.18. The molecule has 3 N–H and O–H groups in total. The third kappa shape index (κ3) is 4.45. The molecule has 0 spiro atoms. The molecule has 0 bridgehead atoms. The number of rotatable bonds is 7. The molecule has 1 amide bonds. The highest BCUT2D eigenvalue weighted by molar-refractivity contribution is 5.83. The highest BCUT2D eigenvalue weighted by Gasteiger charge is 2.40. The number of aliphatic carboxylic acids is 1. The predicted octanol–water partition coefficient (Wildman–Crippen LogP) is -0.953. The van der Waals surface area contributed by atoms with Gasteiger partial charge in [0.05, 0.1) is 12.1 Å². The maximum Gasteiger partial charge on any atom is 0.321 e. The number of carboxylic acid groups (broad SMARTS) is 1. The SMILES string of the molecule is COCCCNC(=O)C(C)N1CC(O)CC1C(=O)O. The number of aliphatic hydroxyl groups excluding tert-OH is 1. The van der Waals surface area contributed by atoms with E-state index in [1.165, 1.54) is 4.90 Å². The Morgan fingerprint density at radius 2 is 2.21 bits per heavy atom. The van der Waals surface area contributed by atoms with Crippen LogP contribution in [0.5, 0.6) is 0 Å². The standard InChI is InChI=1S/C12H22N2O5/c1-8(11(16)13-4-3-5-19-2)14-7-9(15)6-10(14)12(17)18/h8-10,15H,3-7H2,1-2H3,(H,13,16)(H,17,18). The number of hydrogen-bond acceptors (Lipinski definition) is 5. The molecule has 0 aliphatic carbocycles. The molecule has 1 aliphatic heterocycles. The van der Waals surface area contributed by atoms with Crippen molar-refractivity contribution in [3.05, 3.63) is 0 Å². The zero-order valence-corrected chi connectivity index (χ0v) is 11.3. The lowest BCUT2D eigenvalue weighted by Gasteiger charge is -2.27. The van der Waals surface area contributed by atoms with Gasteiger partial charge in [-0.25, -0.2) is 0 Å². The summed E-state index contributed by atoms with van der Waals surface area (Å²) in [5.41, 5.74) is 0. The van der Waals surface area contributed by atoms with Crippen LogP contribution in [0.15, 0.2) is 0 Å². The highest BCUT2D eigenvalue weighted by Crippen LogP contribution is 2.20. The number of nitrogens with one attached hydrogen (secondary N) is 1. The first kappa shape index (κ1) is 15.9. The molecular formula is C12H22N2O5. The summed E-state index contributed by atoms with van der Waals surface area (Å²) in [5.74, 6) is -1.23. The molecule has 0 saturated carbocycles. The predicted molar refractivity (Wildman–Crippen MR) is 67.7 cm³/mol. The van der Waals surface area contributed by atoms with Gasteiger partial charge < -0.3 is 20.3 Å². The number of amides is 1. The number of β-amino-alcohol motifs (C(OH)–C–C–N with tert-alkyl or cyclic N) is 1. The Morgan fingerprint density at radius 3 is 2.79 bits per heavy atom. The van der Waals surface area contributed by atoms with Crippen LogP contribution >= 0.6 is 0 Å². The van der Waals surface area contributed by atoms with Gasteiger partial charge in [-0.3, -0.25) is 14.5 Å². The second-order valence-electron chi connectivity index (χ2n) is 4.75. The topological polar surface area (TPSA) is 99.1 Å². The van der Waals surface area contributed by atoms with Crippen molar-refractivity contribution in [2.24, 2.45) is 0 Å². The molecule has 110 valence electrons. The molecule has 0 aromatic heterocycles. The van der Waals surface area contributed by atoms with Crippen molar-refractivity contribution in [2.75, 3.05) is 26.8 Å². The average Bonchev–Trinajstić information content (AvgIpc) is 2.75. The first-order valence-corrected chi connectivity index (χ1v) is 6.40. The number of carboxylic acids is 1. The number of hydrogen-bond donors (Lipinski definition) is 3. The van der Waals surface area contributed by atoms with Gasteiger partial charge in [-0.05, 0) is 13.3 Å². The van der Waals surface area contributed by atoms with E-state index in [1.54, 1.807) is 14.0 Å². The maximum atomic E-state index is 11.9. The molecule has 0 radical (unpaired) electrons. The van der Waals surface area contributed by atoms with Gasteiger partial charge >= 0.3 is 5.97 Å². The van der Waals surface area contributed by atoms with Crippen LogP contribution in [-0.2, 0) is 14.3 Å². The van der Waals surface area contributed by atoms with Crippen LogP contribution in [-0.4, -0.2) is 72.0 Å². The monoisotopic (exact) mass is 274 g/mol. The molecule has 19 heavy (non-hydrogen) atoms. The van der Waals surface area contributed by atoms with Crippen molar-refractivity contribution >= 4 is 11.9 Å². The molecule has 1 saturated heterocycles. The van der Waals surface area contributed by atoms with Gasteiger partial charge in [0.25, 0.3) is 0 Å². The molecule has 0 aromatic rings. The largest absolute Gasteiger partial charge is 0.480 e. The molecule has 0 aromatic carbocycles. The van der Waals surface area contributed by atoms with Crippen LogP contribution in [0.4, 0.5) is 0 Å². The average molecular weight is 274 g/mol. The van der Waals surface area contributed by atoms with Crippen LogP contribution in [0, 0.1) is 0 Å². The minimum atomic E-state index is -1.00. The van der Waals surface area contributed by atoms with Crippen molar-refractivity contribution in [3.8, 4) is 0 Å². The summed E-state index contributed by atoms with van der Waals surface area (Å²) in [7, 11) is 1.59. The van der Waals surface area contributed by atoms with Crippen LogP contribution < -0.4 is 5.32 Å². The van der Waals surface area contributed by atoms with E-state index in [0.29, 0.717) is 19.6 Å². The van der Waals surface area contributed by atoms with Gasteiger partial charge in [0.15, 0.2) is 0 Å². The smallest absolute Gasteiger partial charge is 0.321 e. The first-order valence-electron chi connectivity index (χ1n) is 6.40. The maximum absolute atomic E-state index is 11.9. The molecule has 3 unspecified atom stereocenters. The van der Waals surface area contributed by atoms with E-state index in [0.717, 1.165) is 0 Å². The Labute approximate surface area is 112 Å². The van der Waals surface area contributed by atoms with Crippen LogP contribution in [0.25, 0.3) is 0 Å².